The fourth-order valence-corrected chi connectivity index (χ4v) is 4.75. The first-order valence-electron chi connectivity index (χ1n) is 10.5. The predicted molar refractivity (Wildman–Crippen MR) is 121 cm³/mol. The van der Waals surface area contributed by atoms with E-state index in [0.717, 1.165) is 50.6 Å². The summed E-state index contributed by atoms with van der Waals surface area (Å²) in [6, 6.07) is 4.44. The second-order valence-electron chi connectivity index (χ2n) is 8.12. The van der Waals surface area contributed by atoms with Crippen molar-refractivity contribution in [1.82, 2.24) is 19.8 Å². The lowest BCUT2D eigenvalue weighted by atomic mass is 10.0. The fraction of sp³-hybridized carbons (Fsp3) is 0.476. The van der Waals surface area contributed by atoms with E-state index >= 15 is 0 Å². The Kier molecular flexibility index (Phi) is 5.33. The molecule has 0 bridgehead atoms. The van der Waals surface area contributed by atoms with Crippen molar-refractivity contribution in [2.45, 2.75) is 12.6 Å². The molecule has 164 valence electrons. The summed E-state index contributed by atoms with van der Waals surface area (Å²) in [5, 5.41) is 6.56. The van der Waals surface area contributed by atoms with E-state index in [1.165, 1.54) is 6.20 Å². The molecule has 1 aromatic heterocycles. The van der Waals surface area contributed by atoms with Crippen molar-refractivity contribution in [3.8, 4) is 0 Å². The Balaban J connectivity index is 1.48. The summed E-state index contributed by atoms with van der Waals surface area (Å²) < 4.78 is 5.70. The van der Waals surface area contributed by atoms with Crippen LogP contribution in [-0.2, 0) is 11.3 Å². The van der Waals surface area contributed by atoms with Gasteiger partial charge in [-0.1, -0.05) is 11.6 Å². The number of rotatable bonds is 4. The second kappa shape index (κ2) is 8.14. The average Bonchev–Trinajstić information content (AvgIpc) is 3.09. The van der Waals surface area contributed by atoms with Gasteiger partial charge >= 0.3 is 0 Å². The van der Waals surface area contributed by atoms with E-state index in [9.17, 15) is 4.79 Å². The summed E-state index contributed by atoms with van der Waals surface area (Å²) in [5.74, 6) is 0.917. The molecule has 31 heavy (non-hydrogen) atoms. The van der Waals surface area contributed by atoms with Gasteiger partial charge in [0, 0.05) is 58.1 Å². The molecule has 4 heterocycles. The third-order valence-corrected chi connectivity index (χ3v) is 6.52. The molecular weight excluding hydrogens is 418 g/mol. The highest BCUT2D eigenvalue weighted by Gasteiger charge is 2.35. The van der Waals surface area contributed by atoms with E-state index in [2.05, 4.69) is 36.5 Å². The molecule has 9 nitrogen and oxygen atoms in total. The average molecular weight is 444 g/mol. The Hall–Kier alpha value is -2.62. The van der Waals surface area contributed by atoms with Crippen molar-refractivity contribution in [2.75, 3.05) is 69.0 Å². The van der Waals surface area contributed by atoms with Gasteiger partial charge in [0.2, 0.25) is 5.95 Å². The molecule has 2 aromatic rings. The molecule has 10 heteroatoms. The lowest BCUT2D eigenvalue weighted by molar-refractivity contribution is -0.0117. The van der Waals surface area contributed by atoms with Gasteiger partial charge in [-0.2, -0.15) is 4.98 Å². The van der Waals surface area contributed by atoms with Crippen molar-refractivity contribution in [3.05, 3.63) is 34.5 Å². The summed E-state index contributed by atoms with van der Waals surface area (Å²) >= 11 is 6.30. The summed E-state index contributed by atoms with van der Waals surface area (Å²) in [7, 11) is 3.58. The van der Waals surface area contributed by atoms with Crippen LogP contribution in [0.5, 0.6) is 0 Å². The number of anilines is 4. The minimum atomic E-state index is -0.00185. The zero-order valence-corrected chi connectivity index (χ0v) is 18.4. The molecule has 2 fully saturated rings. The maximum absolute atomic E-state index is 13.0. The first-order chi connectivity index (χ1) is 15.0. The summed E-state index contributed by atoms with van der Waals surface area (Å²) in [6.45, 7) is 6.01. The van der Waals surface area contributed by atoms with E-state index < -0.39 is 0 Å². The van der Waals surface area contributed by atoms with Crippen LogP contribution in [-0.4, -0.2) is 85.2 Å². The van der Waals surface area contributed by atoms with Gasteiger partial charge in [0.15, 0.2) is 5.82 Å². The van der Waals surface area contributed by atoms with Gasteiger partial charge in [0.25, 0.3) is 5.91 Å². The van der Waals surface area contributed by atoms with E-state index in [0.29, 0.717) is 40.6 Å². The maximum Gasteiger partial charge on any atom is 0.256 e. The zero-order valence-electron chi connectivity index (χ0n) is 17.7. The largest absolute Gasteiger partial charge is 0.378 e. The normalized spacial score (nSPS) is 21.1. The van der Waals surface area contributed by atoms with E-state index in [4.69, 9.17) is 16.3 Å². The number of nitrogens with zero attached hydrogens (tertiary/aromatic N) is 5. The predicted octanol–water partition coefficient (Wildman–Crippen LogP) is 2.02. The van der Waals surface area contributed by atoms with Crippen molar-refractivity contribution in [1.29, 1.82) is 0 Å². The number of hydrogen-bond donors (Lipinski definition) is 2. The number of morpholine rings is 1. The Bertz CT molecular complexity index is 1020. The van der Waals surface area contributed by atoms with Gasteiger partial charge in [-0.3, -0.25) is 9.69 Å². The molecule has 1 aromatic carbocycles. The first-order valence-corrected chi connectivity index (χ1v) is 10.9. The number of fused-ring (bicyclic) bond motifs is 2. The Morgan fingerprint density at radius 3 is 2.97 bits per heavy atom. The topological polar surface area (TPSA) is 85.9 Å². The van der Waals surface area contributed by atoms with Crippen LogP contribution in [0.2, 0.25) is 5.02 Å². The van der Waals surface area contributed by atoms with Crippen LogP contribution in [0.4, 0.5) is 23.1 Å². The number of halogens is 1. The van der Waals surface area contributed by atoms with Crippen molar-refractivity contribution < 1.29 is 9.53 Å². The Labute approximate surface area is 186 Å². The molecule has 0 unspecified atom stereocenters. The highest BCUT2D eigenvalue weighted by atomic mass is 35.5. The molecule has 0 spiro atoms. The van der Waals surface area contributed by atoms with Gasteiger partial charge in [0.05, 0.1) is 36.7 Å². The second-order valence-corrected chi connectivity index (χ2v) is 8.53. The quantitative estimate of drug-likeness (QED) is 0.742. The lowest BCUT2D eigenvalue weighted by Crippen LogP contribution is -2.58. The van der Waals surface area contributed by atoms with Crippen LogP contribution in [0.25, 0.3) is 0 Å². The SMILES string of the molecule is CNc1ncc(Cl)c(Nc2ccc(N3CCN4CCOC[C@H]4C3)c3c2C(=O)N(C)C3)n1. The van der Waals surface area contributed by atoms with Crippen molar-refractivity contribution in [2.24, 2.45) is 0 Å². The monoisotopic (exact) mass is 443 g/mol. The minimum Gasteiger partial charge on any atom is -0.378 e. The van der Waals surface area contributed by atoms with E-state index in [-0.39, 0.29) is 5.91 Å². The number of aromatic nitrogens is 2. The first kappa shape index (κ1) is 20.3. The van der Waals surface area contributed by atoms with Gasteiger partial charge < -0.3 is 25.2 Å². The third kappa shape index (κ3) is 3.66. The van der Waals surface area contributed by atoms with Crippen LogP contribution in [0.1, 0.15) is 15.9 Å². The summed E-state index contributed by atoms with van der Waals surface area (Å²) in [4.78, 5) is 28.2. The number of carbonyl (C=O) groups is 1. The van der Waals surface area contributed by atoms with Crippen LogP contribution < -0.4 is 15.5 Å². The number of amides is 1. The third-order valence-electron chi connectivity index (χ3n) is 6.24. The molecule has 2 N–H and O–H groups in total. The number of nitrogens with one attached hydrogen (secondary N) is 2. The number of carbonyl (C=O) groups excluding carboxylic acids is 1. The molecule has 0 radical (unpaired) electrons. The number of benzene rings is 1. The fourth-order valence-electron chi connectivity index (χ4n) is 4.61. The van der Waals surface area contributed by atoms with Crippen LogP contribution >= 0.6 is 11.6 Å². The Morgan fingerprint density at radius 2 is 2.13 bits per heavy atom. The lowest BCUT2D eigenvalue weighted by Gasteiger charge is -2.45. The molecule has 3 aliphatic rings. The van der Waals surface area contributed by atoms with Gasteiger partial charge in [-0.25, -0.2) is 4.98 Å². The summed E-state index contributed by atoms with van der Waals surface area (Å²) in [6.07, 6.45) is 1.54. The number of hydrogen-bond acceptors (Lipinski definition) is 8. The number of piperazine rings is 1. The smallest absolute Gasteiger partial charge is 0.256 e. The van der Waals surface area contributed by atoms with E-state index in [1.54, 1.807) is 11.9 Å². The van der Waals surface area contributed by atoms with Gasteiger partial charge in [0.1, 0.15) is 5.02 Å². The van der Waals surface area contributed by atoms with Crippen molar-refractivity contribution >= 4 is 40.6 Å². The van der Waals surface area contributed by atoms with E-state index in [1.807, 2.05) is 13.1 Å². The molecule has 1 amide bonds. The van der Waals surface area contributed by atoms with Crippen molar-refractivity contribution in [3.63, 3.8) is 0 Å². The molecule has 0 aliphatic carbocycles. The minimum absolute atomic E-state index is 0.00185. The highest BCUT2D eigenvalue weighted by Crippen LogP contribution is 2.38. The van der Waals surface area contributed by atoms with Crippen LogP contribution in [0.15, 0.2) is 18.3 Å². The van der Waals surface area contributed by atoms with Gasteiger partial charge in [-0.15, -0.1) is 0 Å². The summed E-state index contributed by atoms with van der Waals surface area (Å²) in [5.41, 5.74) is 3.55. The zero-order chi connectivity index (χ0) is 21.5. The molecule has 1 atom stereocenters. The number of ether oxygens (including phenoxy) is 1. The molecule has 2 saturated heterocycles. The highest BCUT2D eigenvalue weighted by molar-refractivity contribution is 6.33. The standard InChI is InChI=1S/C21H26ClN7O2/c1-23-21-24-9-15(22)19(26-21)25-16-3-4-17(14-11-27(2)20(30)18(14)16)29-6-5-28-7-8-31-12-13(28)10-29/h3-4,9,13H,5-8,10-12H2,1-2H3,(H2,23,24,25,26)/t13-/m1/s1. The van der Waals surface area contributed by atoms with Crippen LogP contribution in [0, 0.1) is 0 Å². The van der Waals surface area contributed by atoms with Crippen LogP contribution in [0.3, 0.4) is 0 Å². The maximum atomic E-state index is 13.0. The molecule has 3 aliphatic heterocycles. The Morgan fingerprint density at radius 1 is 1.26 bits per heavy atom. The molecule has 0 saturated carbocycles. The molecule has 5 rings (SSSR count). The van der Waals surface area contributed by atoms with Gasteiger partial charge in [-0.05, 0) is 12.1 Å². The molecular formula is C21H26ClN7O2.